The monoisotopic (exact) mass is 350 g/mol. The molecule has 1 amide bonds. The number of nitrogens with zero attached hydrogens (tertiary/aromatic N) is 3. The smallest absolute Gasteiger partial charge is 0.333 e. The number of nitrogens with one attached hydrogen (secondary N) is 1. The minimum absolute atomic E-state index is 0.0455. The Morgan fingerprint density at radius 1 is 1.21 bits per heavy atom. The fourth-order valence-corrected chi connectivity index (χ4v) is 2.27. The van der Waals surface area contributed by atoms with E-state index < -0.39 is 23.0 Å². The molecule has 2 aromatic rings. The Balaban J connectivity index is 2.40. The number of hydrogen-bond donors (Lipinski definition) is 2. The van der Waals surface area contributed by atoms with Gasteiger partial charge in [0.2, 0.25) is 5.88 Å². The van der Waals surface area contributed by atoms with Crippen LogP contribution in [0.1, 0.15) is 22.8 Å². The highest BCUT2D eigenvalue weighted by atomic mass is 35.5. The van der Waals surface area contributed by atoms with Crippen molar-refractivity contribution in [1.29, 1.82) is 0 Å². The van der Waals surface area contributed by atoms with Gasteiger partial charge in [-0.25, -0.2) is 10.2 Å². The van der Waals surface area contributed by atoms with Gasteiger partial charge in [0.15, 0.2) is 0 Å². The second-order valence-corrected chi connectivity index (χ2v) is 5.43. The molecule has 0 unspecified atom stereocenters. The number of hydrogen-bond acceptors (Lipinski definition) is 5. The van der Waals surface area contributed by atoms with Crippen LogP contribution in [0.3, 0.4) is 0 Å². The topological polar surface area (TPSA) is 106 Å². The lowest BCUT2D eigenvalue weighted by atomic mass is 10.2. The van der Waals surface area contributed by atoms with Gasteiger partial charge in [0.1, 0.15) is 5.56 Å². The van der Waals surface area contributed by atoms with E-state index in [0.717, 1.165) is 9.13 Å². The summed E-state index contributed by atoms with van der Waals surface area (Å²) in [5.74, 6) is -1.10. The van der Waals surface area contributed by atoms with Gasteiger partial charge < -0.3 is 5.11 Å². The molecular formula is C15H15ClN4O4. The molecule has 0 radical (unpaired) electrons. The molecule has 0 saturated carbocycles. The molecule has 1 heterocycles. The summed E-state index contributed by atoms with van der Waals surface area (Å²) < 4.78 is 1.75. The van der Waals surface area contributed by atoms with Gasteiger partial charge in [-0.1, -0.05) is 23.7 Å². The van der Waals surface area contributed by atoms with Crippen LogP contribution in [-0.4, -0.2) is 25.9 Å². The summed E-state index contributed by atoms with van der Waals surface area (Å²) in [6, 6.07) is 6.40. The first-order valence-electron chi connectivity index (χ1n) is 6.84. The molecule has 0 atom stereocenters. The van der Waals surface area contributed by atoms with Crippen LogP contribution in [0.4, 0.5) is 0 Å². The molecule has 126 valence electrons. The van der Waals surface area contributed by atoms with E-state index in [1.165, 1.54) is 27.1 Å². The SMILES string of the molecule is C/C(=N\NC(=O)c1ccccc1Cl)c1c(O)n(C)c(=O)n(C)c1=O. The van der Waals surface area contributed by atoms with Gasteiger partial charge >= 0.3 is 5.69 Å². The molecule has 0 aliphatic rings. The lowest BCUT2D eigenvalue weighted by molar-refractivity contribution is 0.0955. The highest BCUT2D eigenvalue weighted by Gasteiger charge is 2.18. The fraction of sp³-hybridized carbons (Fsp3) is 0.200. The Bertz CT molecular complexity index is 959. The molecule has 9 heteroatoms. The van der Waals surface area contributed by atoms with Gasteiger partial charge in [0.25, 0.3) is 11.5 Å². The molecule has 2 rings (SSSR count). The van der Waals surface area contributed by atoms with E-state index >= 15 is 0 Å². The summed E-state index contributed by atoms with van der Waals surface area (Å²) in [5, 5.41) is 14.1. The third-order valence-corrected chi connectivity index (χ3v) is 3.77. The van der Waals surface area contributed by atoms with Crippen LogP contribution >= 0.6 is 11.6 Å². The van der Waals surface area contributed by atoms with Crippen molar-refractivity contribution in [3.63, 3.8) is 0 Å². The zero-order valence-electron chi connectivity index (χ0n) is 13.2. The predicted octanol–water partition coefficient (Wildman–Crippen LogP) is 0.597. The molecule has 0 saturated heterocycles. The van der Waals surface area contributed by atoms with Crippen molar-refractivity contribution in [2.24, 2.45) is 19.2 Å². The van der Waals surface area contributed by atoms with Crippen molar-refractivity contribution in [2.45, 2.75) is 6.92 Å². The van der Waals surface area contributed by atoms with E-state index in [1.54, 1.807) is 18.2 Å². The number of carbonyl (C=O) groups excluding carboxylic acids is 1. The minimum atomic E-state index is -0.719. The number of benzene rings is 1. The van der Waals surface area contributed by atoms with Gasteiger partial charge in [0, 0.05) is 14.1 Å². The van der Waals surface area contributed by atoms with Crippen LogP contribution in [0.15, 0.2) is 39.0 Å². The van der Waals surface area contributed by atoms with E-state index in [9.17, 15) is 19.5 Å². The molecule has 0 aliphatic carbocycles. The number of rotatable bonds is 3. The summed E-state index contributed by atoms with van der Waals surface area (Å²) in [6.07, 6.45) is 0. The summed E-state index contributed by atoms with van der Waals surface area (Å²) >= 11 is 5.92. The second kappa shape index (κ2) is 6.71. The quantitative estimate of drug-likeness (QED) is 0.624. The van der Waals surface area contributed by atoms with Gasteiger partial charge in [-0.3, -0.25) is 18.7 Å². The highest BCUT2D eigenvalue weighted by Crippen LogP contribution is 2.14. The summed E-state index contributed by atoms with van der Waals surface area (Å²) in [4.78, 5) is 35.9. The van der Waals surface area contributed by atoms with E-state index in [0.29, 0.717) is 0 Å². The van der Waals surface area contributed by atoms with Crippen molar-refractivity contribution in [1.82, 2.24) is 14.6 Å². The molecule has 1 aromatic carbocycles. The number of carbonyl (C=O) groups is 1. The van der Waals surface area contributed by atoms with Crippen molar-refractivity contribution in [3.05, 3.63) is 61.3 Å². The fourth-order valence-electron chi connectivity index (χ4n) is 2.05. The molecule has 8 nitrogen and oxygen atoms in total. The normalized spacial score (nSPS) is 11.4. The third kappa shape index (κ3) is 3.09. The van der Waals surface area contributed by atoms with Crippen molar-refractivity contribution >= 4 is 23.2 Å². The third-order valence-electron chi connectivity index (χ3n) is 3.44. The average molecular weight is 351 g/mol. The maximum atomic E-state index is 12.1. The number of halogens is 1. The Morgan fingerprint density at radius 2 is 1.83 bits per heavy atom. The lowest BCUT2D eigenvalue weighted by Gasteiger charge is -2.10. The molecule has 1 aromatic heterocycles. The maximum absolute atomic E-state index is 12.1. The van der Waals surface area contributed by atoms with Crippen LogP contribution in [0.2, 0.25) is 5.02 Å². The zero-order chi connectivity index (χ0) is 18.0. The van der Waals surface area contributed by atoms with Crippen LogP contribution in [-0.2, 0) is 14.1 Å². The Kier molecular flexibility index (Phi) is 4.89. The average Bonchev–Trinajstić information content (AvgIpc) is 2.56. The minimum Gasteiger partial charge on any atom is -0.494 e. The van der Waals surface area contributed by atoms with E-state index in [4.69, 9.17) is 11.6 Å². The molecule has 0 aliphatic heterocycles. The van der Waals surface area contributed by atoms with Gasteiger partial charge in [-0.2, -0.15) is 5.10 Å². The Labute approximate surface area is 141 Å². The lowest BCUT2D eigenvalue weighted by Crippen LogP contribution is -2.40. The maximum Gasteiger partial charge on any atom is 0.333 e. The molecule has 0 spiro atoms. The van der Waals surface area contributed by atoms with E-state index in [-0.39, 0.29) is 21.9 Å². The zero-order valence-corrected chi connectivity index (χ0v) is 14.0. The largest absolute Gasteiger partial charge is 0.494 e. The molecular weight excluding hydrogens is 336 g/mol. The molecule has 24 heavy (non-hydrogen) atoms. The first-order chi connectivity index (χ1) is 11.3. The summed E-state index contributed by atoms with van der Waals surface area (Å²) in [7, 11) is 2.60. The van der Waals surface area contributed by atoms with E-state index in [1.807, 2.05) is 0 Å². The second-order valence-electron chi connectivity index (χ2n) is 5.02. The van der Waals surface area contributed by atoms with Gasteiger partial charge in [-0.05, 0) is 19.1 Å². The van der Waals surface area contributed by atoms with Gasteiger partial charge in [-0.15, -0.1) is 0 Å². The van der Waals surface area contributed by atoms with Crippen LogP contribution in [0, 0.1) is 0 Å². The summed E-state index contributed by atoms with van der Waals surface area (Å²) in [5.41, 5.74) is 0.953. The van der Waals surface area contributed by atoms with Crippen LogP contribution in [0.25, 0.3) is 0 Å². The first-order valence-corrected chi connectivity index (χ1v) is 7.22. The van der Waals surface area contributed by atoms with Crippen molar-refractivity contribution in [3.8, 4) is 5.88 Å². The van der Waals surface area contributed by atoms with Crippen molar-refractivity contribution < 1.29 is 9.90 Å². The first kappa shape index (κ1) is 17.5. The number of hydrazone groups is 1. The van der Waals surface area contributed by atoms with E-state index in [2.05, 4.69) is 10.5 Å². The number of aromatic hydroxyl groups is 1. The Morgan fingerprint density at radius 3 is 2.46 bits per heavy atom. The Hall–Kier alpha value is -2.87. The molecule has 2 N–H and O–H groups in total. The predicted molar refractivity (Wildman–Crippen MR) is 89.7 cm³/mol. The molecule has 0 fully saturated rings. The van der Waals surface area contributed by atoms with Crippen molar-refractivity contribution in [2.75, 3.05) is 0 Å². The van der Waals surface area contributed by atoms with Crippen LogP contribution in [0.5, 0.6) is 5.88 Å². The summed E-state index contributed by atoms with van der Waals surface area (Å²) in [6.45, 7) is 1.42. The molecule has 0 bridgehead atoms. The number of aromatic nitrogens is 2. The van der Waals surface area contributed by atoms with Gasteiger partial charge in [0.05, 0.1) is 16.3 Å². The van der Waals surface area contributed by atoms with Crippen LogP contribution < -0.4 is 16.7 Å². The highest BCUT2D eigenvalue weighted by molar-refractivity contribution is 6.33. The standard InChI is InChI=1S/C15H15ClN4O4/c1-8(11-13(22)19(2)15(24)20(3)14(11)23)17-18-12(21)9-6-4-5-7-10(9)16/h4-7,22H,1-3H3,(H,18,21)/b17-8+. The number of amides is 1.